The van der Waals surface area contributed by atoms with Gasteiger partial charge in [-0.05, 0) is 42.2 Å². The van der Waals surface area contributed by atoms with Gasteiger partial charge in [-0.3, -0.25) is 0 Å². The molecule has 0 aliphatic rings. The van der Waals surface area contributed by atoms with Gasteiger partial charge < -0.3 is 0 Å². The Morgan fingerprint density at radius 3 is 2.15 bits per heavy atom. The first-order chi connectivity index (χ1) is 9.38. The lowest BCUT2D eigenvalue weighted by atomic mass is 9.99. The maximum atomic E-state index is 12.5. The zero-order chi connectivity index (χ0) is 14.8. The summed E-state index contributed by atoms with van der Waals surface area (Å²) in [7, 11) is 0. The predicted octanol–water partition coefficient (Wildman–Crippen LogP) is 5.54. The molecule has 2 aromatic carbocycles. The van der Waals surface area contributed by atoms with Crippen LogP contribution in [0.2, 0.25) is 0 Å². The Morgan fingerprint density at radius 2 is 1.60 bits per heavy atom. The average Bonchev–Trinajstić information content (AvgIpc) is 2.40. The Labute approximate surface area is 121 Å². The highest BCUT2D eigenvalue weighted by Crippen LogP contribution is 2.32. The summed E-state index contributed by atoms with van der Waals surface area (Å²) in [5.74, 6) is 0. The molecular weight excluding hydrogens is 285 g/mol. The van der Waals surface area contributed by atoms with Crippen LogP contribution in [0.25, 0.3) is 0 Å². The maximum absolute atomic E-state index is 12.5. The monoisotopic (exact) mass is 298 g/mol. The fourth-order valence-corrected chi connectivity index (χ4v) is 2.34. The van der Waals surface area contributed by atoms with E-state index in [-0.39, 0.29) is 5.38 Å². The smallest absolute Gasteiger partial charge is 0.166 e. The fraction of sp³-hybridized carbons (Fsp3) is 0.250. The first-order valence-electron chi connectivity index (χ1n) is 6.23. The van der Waals surface area contributed by atoms with Crippen molar-refractivity contribution in [2.45, 2.75) is 24.9 Å². The molecule has 0 nitrogen and oxygen atoms in total. The number of rotatable bonds is 3. The molecule has 1 unspecified atom stereocenters. The largest absolute Gasteiger partial charge is 0.416 e. The Hall–Kier alpha value is -1.48. The number of aryl methyl sites for hydroxylation is 1. The summed E-state index contributed by atoms with van der Waals surface area (Å²) in [4.78, 5) is 0. The maximum Gasteiger partial charge on any atom is 0.416 e. The highest BCUT2D eigenvalue weighted by molar-refractivity contribution is 6.20. The third-order valence-electron chi connectivity index (χ3n) is 3.26. The lowest BCUT2D eigenvalue weighted by Crippen LogP contribution is -2.05. The predicted molar refractivity (Wildman–Crippen MR) is 74.9 cm³/mol. The van der Waals surface area contributed by atoms with Gasteiger partial charge in [0.2, 0.25) is 0 Å². The average molecular weight is 299 g/mol. The highest BCUT2D eigenvalue weighted by atomic mass is 35.5. The molecule has 0 spiro atoms. The van der Waals surface area contributed by atoms with E-state index in [1.54, 1.807) is 0 Å². The summed E-state index contributed by atoms with van der Waals surface area (Å²) in [5.41, 5.74) is 2.28. The van der Waals surface area contributed by atoms with Crippen molar-refractivity contribution in [1.29, 1.82) is 0 Å². The zero-order valence-corrected chi connectivity index (χ0v) is 11.7. The SMILES string of the molecule is Cc1ccccc1CC(Cl)c1ccc(C(F)(F)F)cc1. The Balaban J connectivity index is 2.14. The summed E-state index contributed by atoms with van der Waals surface area (Å²) in [5, 5.41) is -0.335. The van der Waals surface area contributed by atoms with Crippen molar-refractivity contribution in [3.8, 4) is 0 Å². The van der Waals surface area contributed by atoms with Crippen LogP contribution in [-0.4, -0.2) is 0 Å². The summed E-state index contributed by atoms with van der Waals surface area (Å²) < 4.78 is 37.5. The standard InChI is InChI=1S/C16H14ClF3/c1-11-4-2-3-5-13(11)10-15(17)12-6-8-14(9-7-12)16(18,19)20/h2-9,15H,10H2,1H3. The molecule has 0 radical (unpaired) electrons. The zero-order valence-electron chi connectivity index (χ0n) is 10.9. The van der Waals surface area contributed by atoms with Crippen molar-refractivity contribution < 1.29 is 13.2 Å². The summed E-state index contributed by atoms with van der Waals surface area (Å²) in [6.45, 7) is 1.99. The topological polar surface area (TPSA) is 0 Å². The molecule has 0 fully saturated rings. The van der Waals surface area contributed by atoms with Crippen molar-refractivity contribution in [2.75, 3.05) is 0 Å². The number of hydrogen-bond acceptors (Lipinski definition) is 0. The minimum absolute atomic E-state index is 0.335. The van der Waals surface area contributed by atoms with Crippen LogP contribution in [0.4, 0.5) is 13.2 Å². The molecule has 0 heterocycles. The van der Waals surface area contributed by atoms with Gasteiger partial charge in [0.25, 0.3) is 0 Å². The normalized spacial score (nSPS) is 13.2. The summed E-state index contributed by atoms with van der Waals surface area (Å²) >= 11 is 6.30. The number of benzene rings is 2. The van der Waals surface area contributed by atoms with E-state index < -0.39 is 11.7 Å². The second-order valence-corrected chi connectivity index (χ2v) is 5.24. The van der Waals surface area contributed by atoms with E-state index in [4.69, 9.17) is 11.6 Å². The molecule has 0 saturated carbocycles. The Kier molecular flexibility index (Phi) is 4.39. The molecule has 0 N–H and O–H groups in total. The molecule has 4 heteroatoms. The van der Waals surface area contributed by atoms with E-state index in [1.807, 2.05) is 31.2 Å². The van der Waals surface area contributed by atoms with Gasteiger partial charge in [-0.1, -0.05) is 36.4 Å². The van der Waals surface area contributed by atoms with E-state index in [0.717, 1.165) is 23.3 Å². The van der Waals surface area contributed by atoms with Gasteiger partial charge in [-0.2, -0.15) is 13.2 Å². The minimum atomic E-state index is -4.31. The van der Waals surface area contributed by atoms with Gasteiger partial charge in [0.15, 0.2) is 0 Å². The van der Waals surface area contributed by atoms with Crippen LogP contribution in [0.5, 0.6) is 0 Å². The number of halogens is 4. The van der Waals surface area contributed by atoms with Crippen LogP contribution < -0.4 is 0 Å². The molecular formula is C16H14ClF3. The molecule has 0 aromatic heterocycles. The lowest BCUT2D eigenvalue weighted by Gasteiger charge is -2.13. The van der Waals surface area contributed by atoms with E-state index in [1.165, 1.54) is 12.1 Å². The first kappa shape index (κ1) is 14.9. The van der Waals surface area contributed by atoms with Gasteiger partial charge in [-0.15, -0.1) is 11.6 Å². The molecule has 0 aliphatic heterocycles. The fourth-order valence-electron chi connectivity index (χ4n) is 2.03. The van der Waals surface area contributed by atoms with Crippen molar-refractivity contribution in [1.82, 2.24) is 0 Å². The van der Waals surface area contributed by atoms with Crippen LogP contribution in [0, 0.1) is 6.92 Å². The number of hydrogen-bond donors (Lipinski definition) is 0. The summed E-state index contributed by atoms with van der Waals surface area (Å²) in [6, 6.07) is 12.9. The van der Waals surface area contributed by atoms with Crippen molar-refractivity contribution in [2.24, 2.45) is 0 Å². The van der Waals surface area contributed by atoms with Crippen LogP contribution in [0.15, 0.2) is 48.5 Å². The van der Waals surface area contributed by atoms with E-state index >= 15 is 0 Å². The van der Waals surface area contributed by atoms with Crippen LogP contribution >= 0.6 is 11.6 Å². The first-order valence-corrected chi connectivity index (χ1v) is 6.67. The van der Waals surface area contributed by atoms with E-state index in [0.29, 0.717) is 12.0 Å². The minimum Gasteiger partial charge on any atom is -0.166 e. The van der Waals surface area contributed by atoms with Crippen molar-refractivity contribution >= 4 is 11.6 Å². The van der Waals surface area contributed by atoms with Gasteiger partial charge >= 0.3 is 6.18 Å². The Bertz CT molecular complexity index is 573. The van der Waals surface area contributed by atoms with Crippen LogP contribution in [0.1, 0.15) is 27.6 Å². The highest BCUT2D eigenvalue weighted by Gasteiger charge is 2.30. The molecule has 0 bridgehead atoms. The molecule has 0 saturated heterocycles. The molecule has 2 rings (SSSR count). The molecule has 2 aromatic rings. The molecule has 0 amide bonds. The molecule has 106 valence electrons. The second-order valence-electron chi connectivity index (χ2n) is 4.72. The van der Waals surface area contributed by atoms with E-state index in [2.05, 4.69) is 0 Å². The van der Waals surface area contributed by atoms with Gasteiger partial charge in [0, 0.05) is 0 Å². The van der Waals surface area contributed by atoms with Crippen molar-refractivity contribution in [3.63, 3.8) is 0 Å². The Morgan fingerprint density at radius 1 is 1.00 bits per heavy atom. The lowest BCUT2D eigenvalue weighted by molar-refractivity contribution is -0.137. The molecule has 20 heavy (non-hydrogen) atoms. The second kappa shape index (κ2) is 5.88. The van der Waals surface area contributed by atoms with Crippen LogP contribution in [-0.2, 0) is 12.6 Å². The van der Waals surface area contributed by atoms with Gasteiger partial charge in [0.05, 0.1) is 10.9 Å². The van der Waals surface area contributed by atoms with Gasteiger partial charge in [-0.25, -0.2) is 0 Å². The van der Waals surface area contributed by atoms with Crippen molar-refractivity contribution in [3.05, 3.63) is 70.8 Å². The van der Waals surface area contributed by atoms with Gasteiger partial charge in [0.1, 0.15) is 0 Å². The van der Waals surface area contributed by atoms with Crippen LogP contribution in [0.3, 0.4) is 0 Å². The summed E-state index contributed by atoms with van der Waals surface area (Å²) in [6.07, 6.45) is -3.71. The quantitative estimate of drug-likeness (QED) is 0.653. The third-order valence-corrected chi connectivity index (χ3v) is 3.67. The third kappa shape index (κ3) is 3.54. The van der Waals surface area contributed by atoms with E-state index in [9.17, 15) is 13.2 Å². The molecule has 1 atom stereocenters. The number of alkyl halides is 4. The molecule has 0 aliphatic carbocycles.